The molecule has 0 aliphatic carbocycles. The third-order valence-corrected chi connectivity index (χ3v) is 2.40. The molecule has 60 valence electrons. The molecule has 0 radical (unpaired) electrons. The van der Waals surface area contributed by atoms with Crippen molar-refractivity contribution in [3.05, 3.63) is 0 Å². The Labute approximate surface area is 64.2 Å². The zero-order valence-electron chi connectivity index (χ0n) is 7.19. The maximum Gasteiger partial charge on any atom is 0.00388 e. The van der Waals surface area contributed by atoms with Crippen molar-refractivity contribution in [2.45, 2.75) is 45.6 Å². The van der Waals surface area contributed by atoms with Gasteiger partial charge in [-0.05, 0) is 32.2 Å². The van der Waals surface area contributed by atoms with Gasteiger partial charge in [0.2, 0.25) is 0 Å². The second-order valence-electron chi connectivity index (χ2n) is 3.70. The normalized spacial score (nSPS) is 36.6. The van der Waals surface area contributed by atoms with Crippen LogP contribution in [0.15, 0.2) is 0 Å². The molecular weight excluding hydrogens is 122 g/mol. The molecule has 1 aliphatic heterocycles. The lowest BCUT2D eigenvalue weighted by atomic mass is 9.98. The van der Waals surface area contributed by atoms with E-state index in [4.69, 9.17) is 0 Å². The van der Waals surface area contributed by atoms with Crippen LogP contribution in [0.4, 0.5) is 0 Å². The lowest BCUT2D eigenvalue weighted by molar-refractivity contribution is 0.371. The molecule has 1 saturated heterocycles. The van der Waals surface area contributed by atoms with Crippen molar-refractivity contribution in [2.75, 3.05) is 6.54 Å². The predicted molar refractivity (Wildman–Crippen MR) is 45.1 cm³/mol. The minimum Gasteiger partial charge on any atom is -0.314 e. The molecule has 0 spiro atoms. The summed E-state index contributed by atoms with van der Waals surface area (Å²) in [4.78, 5) is 0. The second kappa shape index (κ2) is 3.97. The van der Waals surface area contributed by atoms with Crippen molar-refractivity contribution >= 4 is 0 Å². The van der Waals surface area contributed by atoms with Gasteiger partial charge in [-0.25, -0.2) is 0 Å². The summed E-state index contributed by atoms with van der Waals surface area (Å²) < 4.78 is 0. The minimum absolute atomic E-state index is 0.753. The Morgan fingerprint density at radius 2 is 1.80 bits per heavy atom. The fourth-order valence-corrected chi connectivity index (χ4v) is 1.55. The van der Waals surface area contributed by atoms with Gasteiger partial charge in [0.1, 0.15) is 0 Å². The number of nitrogens with one attached hydrogen (secondary N) is 1. The Bertz CT molecular complexity index is 78.7. The predicted octanol–water partition coefficient (Wildman–Crippen LogP) is 2.17. The highest BCUT2D eigenvalue weighted by Crippen LogP contribution is 2.13. The molecule has 1 heteroatoms. The van der Waals surface area contributed by atoms with Crippen molar-refractivity contribution in [1.29, 1.82) is 0 Å². The highest BCUT2D eigenvalue weighted by Gasteiger charge is 2.08. The summed E-state index contributed by atoms with van der Waals surface area (Å²) in [5.41, 5.74) is 0. The minimum atomic E-state index is 0.753. The first-order chi connectivity index (χ1) is 4.79. The second-order valence-corrected chi connectivity index (χ2v) is 3.70. The van der Waals surface area contributed by atoms with Crippen LogP contribution in [0.3, 0.4) is 0 Å². The fraction of sp³-hybridized carbons (Fsp3) is 1.00. The van der Waals surface area contributed by atoms with Crippen LogP contribution in [0.5, 0.6) is 0 Å². The van der Waals surface area contributed by atoms with Gasteiger partial charge >= 0.3 is 0 Å². The maximum atomic E-state index is 3.53. The molecule has 0 aromatic heterocycles. The molecule has 0 aromatic rings. The van der Waals surface area contributed by atoms with Crippen LogP contribution < -0.4 is 5.32 Å². The summed E-state index contributed by atoms with van der Waals surface area (Å²) in [6.07, 6.45) is 5.64. The van der Waals surface area contributed by atoms with E-state index in [1.807, 2.05) is 0 Å². The van der Waals surface area contributed by atoms with E-state index in [1.165, 1.54) is 32.2 Å². The lowest BCUT2D eigenvalue weighted by Gasteiger charge is -2.21. The van der Waals surface area contributed by atoms with Gasteiger partial charge in [0.15, 0.2) is 0 Å². The van der Waals surface area contributed by atoms with E-state index in [0.29, 0.717) is 0 Å². The van der Waals surface area contributed by atoms with Crippen molar-refractivity contribution in [3.8, 4) is 0 Å². The van der Waals surface area contributed by atoms with Crippen LogP contribution in [-0.4, -0.2) is 12.6 Å². The first kappa shape index (κ1) is 8.06. The van der Waals surface area contributed by atoms with Crippen LogP contribution in [0, 0.1) is 5.92 Å². The van der Waals surface area contributed by atoms with Gasteiger partial charge in [-0.15, -0.1) is 0 Å². The highest BCUT2D eigenvalue weighted by molar-refractivity contribution is 4.67. The standard InChI is InChI=1S/C9H19N/c1-8-5-3-4-6-9(2)10-7-8/h8-10H,3-7H2,1-2H3/t8-,9+/m0/s1. The molecule has 1 rings (SSSR count). The molecule has 2 atom stereocenters. The maximum absolute atomic E-state index is 3.53. The number of hydrogen-bond acceptors (Lipinski definition) is 1. The van der Waals surface area contributed by atoms with E-state index >= 15 is 0 Å². The Kier molecular flexibility index (Phi) is 3.20. The van der Waals surface area contributed by atoms with Crippen molar-refractivity contribution in [3.63, 3.8) is 0 Å². The average molecular weight is 141 g/mol. The van der Waals surface area contributed by atoms with Gasteiger partial charge < -0.3 is 5.32 Å². The summed E-state index contributed by atoms with van der Waals surface area (Å²) in [5.74, 6) is 0.891. The third-order valence-electron chi connectivity index (χ3n) is 2.40. The smallest absolute Gasteiger partial charge is 0.00388 e. The molecule has 0 aromatic carbocycles. The lowest BCUT2D eigenvalue weighted by Crippen LogP contribution is -2.31. The fourth-order valence-electron chi connectivity index (χ4n) is 1.55. The Morgan fingerprint density at radius 1 is 1.10 bits per heavy atom. The van der Waals surface area contributed by atoms with Crippen molar-refractivity contribution in [2.24, 2.45) is 5.92 Å². The summed E-state index contributed by atoms with van der Waals surface area (Å²) >= 11 is 0. The molecule has 10 heavy (non-hydrogen) atoms. The molecule has 0 bridgehead atoms. The zero-order valence-corrected chi connectivity index (χ0v) is 7.19. The van der Waals surface area contributed by atoms with Crippen LogP contribution in [0.2, 0.25) is 0 Å². The van der Waals surface area contributed by atoms with Crippen molar-refractivity contribution in [1.82, 2.24) is 5.32 Å². The quantitative estimate of drug-likeness (QED) is 0.545. The zero-order chi connectivity index (χ0) is 7.40. The van der Waals surface area contributed by atoms with Crippen molar-refractivity contribution < 1.29 is 0 Å². The summed E-state index contributed by atoms with van der Waals surface area (Å²) in [6, 6.07) is 0.753. The van der Waals surface area contributed by atoms with Gasteiger partial charge in [-0.3, -0.25) is 0 Å². The first-order valence-electron chi connectivity index (χ1n) is 4.52. The van der Waals surface area contributed by atoms with Crippen LogP contribution in [0.25, 0.3) is 0 Å². The van der Waals surface area contributed by atoms with E-state index in [2.05, 4.69) is 19.2 Å². The Hall–Kier alpha value is -0.0400. The van der Waals surface area contributed by atoms with E-state index in [0.717, 1.165) is 12.0 Å². The highest BCUT2D eigenvalue weighted by atomic mass is 14.9. The summed E-state index contributed by atoms with van der Waals surface area (Å²) in [7, 11) is 0. The SMILES string of the molecule is C[C@H]1CCCC[C@@H](C)NC1. The molecule has 0 saturated carbocycles. The van der Waals surface area contributed by atoms with Gasteiger partial charge in [0.05, 0.1) is 0 Å². The van der Waals surface area contributed by atoms with Gasteiger partial charge in [-0.1, -0.05) is 19.8 Å². The van der Waals surface area contributed by atoms with Crippen LogP contribution >= 0.6 is 0 Å². The molecule has 0 amide bonds. The van der Waals surface area contributed by atoms with Gasteiger partial charge in [0, 0.05) is 6.04 Å². The first-order valence-corrected chi connectivity index (χ1v) is 4.52. The van der Waals surface area contributed by atoms with Gasteiger partial charge in [-0.2, -0.15) is 0 Å². The summed E-state index contributed by atoms with van der Waals surface area (Å²) in [5, 5.41) is 3.53. The van der Waals surface area contributed by atoms with Crippen LogP contribution in [-0.2, 0) is 0 Å². The van der Waals surface area contributed by atoms with E-state index in [-0.39, 0.29) is 0 Å². The van der Waals surface area contributed by atoms with Gasteiger partial charge in [0.25, 0.3) is 0 Å². The molecule has 1 nitrogen and oxygen atoms in total. The number of rotatable bonds is 0. The Morgan fingerprint density at radius 3 is 2.60 bits per heavy atom. The molecule has 1 heterocycles. The van der Waals surface area contributed by atoms with Crippen LogP contribution in [0.1, 0.15) is 39.5 Å². The molecule has 1 N–H and O–H groups in total. The molecular formula is C9H19N. The monoisotopic (exact) mass is 141 g/mol. The largest absolute Gasteiger partial charge is 0.314 e. The third kappa shape index (κ3) is 2.70. The topological polar surface area (TPSA) is 12.0 Å². The number of hydrogen-bond donors (Lipinski definition) is 1. The summed E-state index contributed by atoms with van der Waals surface area (Å²) in [6.45, 7) is 5.85. The average Bonchev–Trinajstić information content (AvgIpc) is 1.90. The molecule has 1 fully saturated rings. The molecule has 0 unspecified atom stereocenters. The Balaban J connectivity index is 2.23. The van der Waals surface area contributed by atoms with E-state index < -0.39 is 0 Å². The van der Waals surface area contributed by atoms with E-state index in [9.17, 15) is 0 Å². The van der Waals surface area contributed by atoms with E-state index in [1.54, 1.807) is 0 Å². The molecule has 1 aliphatic rings.